The number of carbonyl (C=O) groups is 1. The Hall–Kier alpha value is -2.43. The highest BCUT2D eigenvalue weighted by Crippen LogP contribution is 2.36. The Bertz CT molecular complexity index is 704. The molecule has 5 heteroatoms. The number of esters is 1. The second-order valence-corrected chi connectivity index (χ2v) is 5.54. The molecule has 0 heterocycles. The molecule has 3 nitrogen and oxygen atoms in total. The quantitative estimate of drug-likeness (QED) is 0.676. The second-order valence-electron chi connectivity index (χ2n) is 5.54. The molecule has 0 bridgehead atoms. The summed E-state index contributed by atoms with van der Waals surface area (Å²) in [7, 11) is 0. The van der Waals surface area contributed by atoms with Gasteiger partial charge in [-0.25, -0.2) is 8.78 Å². The van der Waals surface area contributed by atoms with Gasteiger partial charge in [-0.1, -0.05) is 30.3 Å². The Balaban J connectivity index is 2.59. The van der Waals surface area contributed by atoms with Crippen LogP contribution in [0.2, 0.25) is 0 Å². The first-order valence-electron chi connectivity index (χ1n) is 7.35. The van der Waals surface area contributed by atoms with Crippen LogP contribution < -0.4 is 5.73 Å². The third kappa shape index (κ3) is 3.33. The molecule has 0 saturated heterocycles. The van der Waals surface area contributed by atoms with Gasteiger partial charge in [0.1, 0.15) is 0 Å². The highest BCUT2D eigenvalue weighted by molar-refractivity contribution is 5.85. The molecule has 2 aromatic rings. The van der Waals surface area contributed by atoms with Crippen molar-refractivity contribution >= 4 is 11.7 Å². The van der Waals surface area contributed by atoms with Crippen LogP contribution in [0.15, 0.2) is 42.5 Å². The van der Waals surface area contributed by atoms with E-state index in [4.69, 9.17) is 10.5 Å². The van der Waals surface area contributed by atoms with Crippen molar-refractivity contribution in [2.24, 2.45) is 0 Å². The number of halogens is 2. The predicted octanol–water partition coefficient (Wildman–Crippen LogP) is 3.61. The standard InChI is InChI=1S/C18H19F2NO2/c1-3-23-17(22)18(2,11-12-7-5-4-6-8-12)15-14(21)10-9-13(19)16(15)20/h4-10H,3,11,21H2,1-2H3. The zero-order valence-electron chi connectivity index (χ0n) is 13.1. The van der Waals surface area contributed by atoms with Gasteiger partial charge in [0.15, 0.2) is 11.6 Å². The minimum Gasteiger partial charge on any atom is -0.465 e. The Morgan fingerprint density at radius 2 is 1.83 bits per heavy atom. The van der Waals surface area contributed by atoms with E-state index in [9.17, 15) is 13.6 Å². The second kappa shape index (κ2) is 6.77. The van der Waals surface area contributed by atoms with Crippen LogP contribution in [0.4, 0.5) is 14.5 Å². The lowest BCUT2D eigenvalue weighted by atomic mass is 9.76. The topological polar surface area (TPSA) is 52.3 Å². The van der Waals surface area contributed by atoms with Gasteiger partial charge in [0.25, 0.3) is 0 Å². The van der Waals surface area contributed by atoms with E-state index in [2.05, 4.69) is 0 Å². The van der Waals surface area contributed by atoms with Gasteiger partial charge in [-0.05, 0) is 38.0 Å². The first-order valence-corrected chi connectivity index (χ1v) is 7.35. The number of hydrogen-bond acceptors (Lipinski definition) is 3. The fraction of sp³-hybridized carbons (Fsp3) is 0.278. The van der Waals surface area contributed by atoms with Gasteiger partial charge in [-0.15, -0.1) is 0 Å². The fourth-order valence-corrected chi connectivity index (χ4v) is 2.68. The van der Waals surface area contributed by atoms with Crippen LogP contribution in [-0.4, -0.2) is 12.6 Å². The lowest BCUT2D eigenvalue weighted by molar-refractivity contribution is -0.149. The summed E-state index contributed by atoms with van der Waals surface area (Å²) in [5, 5.41) is 0. The van der Waals surface area contributed by atoms with Crippen LogP contribution in [0.25, 0.3) is 0 Å². The van der Waals surface area contributed by atoms with E-state index in [0.29, 0.717) is 0 Å². The Kier molecular flexibility index (Phi) is 4.98. The Labute approximate surface area is 134 Å². The molecule has 0 aliphatic carbocycles. The largest absolute Gasteiger partial charge is 0.465 e. The molecule has 0 radical (unpaired) electrons. The molecule has 0 aromatic heterocycles. The molecule has 1 unspecified atom stereocenters. The normalized spacial score (nSPS) is 13.4. The number of carbonyl (C=O) groups excluding carboxylic acids is 1. The summed E-state index contributed by atoms with van der Waals surface area (Å²) in [4.78, 5) is 12.5. The van der Waals surface area contributed by atoms with Crippen molar-refractivity contribution in [1.82, 2.24) is 0 Å². The van der Waals surface area contributed by atoms with Crippen molar-refractivity contribution in [1.29, 1.82) is 0 Å². The van der Waals surface area contributed by atoms with Crippen molar-refractivity contribution in [2.75, 3.05) is 12.3 Å². The summed E-state index contributed by atoms with van der Waals surface area (Å²) in [6.07, 6.45) is 0.150. The maximum Gasteiger partial charge on any atom is 0.316 e. The van der Waals surface area contributed by atoms with Crippen LogP contribution >= 0.6 is 0 Å². The van der Waals surface area contributed by atoms with Crippen molar-refractivity contribution in [3.63, 3.8) is 0 Å². The van der Waals surface area contributed by atoms with E-state index in [1.165, 1.54) is 13.0 Å². The third-order valence-corrected chi connectivity index (χ3v) is 3.81. The minimum atomic E-state index is -1.42. The first kappa shape index (κ1) is 16.9. The summed E-state index contributed by atoms with van der Waals surface area (Å²) >= 11 is 0. The molecule has 0 aliphatic rings. The first-order chi connectivity index (χ1) is 10.9. The zero-order valence-corrected chi connectivity index (χ0v) is 13.1. The van der Waals surface area contributed by atoms with Crippen molar-refractivity contribution in [2.45, 2.75) is 25.7 Å². The minimum absolute atomic E-state index is 0.0235. The lowest BCUT2D eigenvalue weighted by Crippen LogP contribution is -2.38. The molecular formula is C18H19F2NO2. The van der Waals surface area contributed by atoms with Gasteiger partial charge in [-0.3, -0.25) is 4.79 Å². The molecule has 1 atom stereocenters. The molecule has 122 valence electrons. The number of anilines is 1. The number of rotatable bonds is 5. The van der Waals surface area contributed by atoms with Crippen molar-refractivity contribution < 1.29 is 18.3 Å². The number of hydrogen-bond donors (Lipinski definition) is 1. The van der Waals surface area contributed by atoms with Gasteiger partial charge >= 0.3 is 5.97 Å². The number of nitrogens with two attached hydrogens (primary N) is 1. The number of ether oxygens (including phenoxy) is 1. The molecule has 0 fully saturated rings. The summed E-state index contributed by atoms with van der Waals surface area (Å²) in [5.41, 5.74) is 5.08. The van der Waals surface area contributed by atoms with Crippen LogP contribution in [0, 0.1) is 11.6 Å². The summed E-state index contributed by atoms with van der Waals surface area (Å²) in [6.45, 7) is 3.32. The number of benzene rings is 2. The van der Waals surface area contributed by atoms with E-state index in [0.717, 1.165) is 11.6 Å². The summed E-state index contributed by atoms with van der Waals surface area (Å²) in [5.74, 6) is -2.80. The summed E-state index contributed by atoms with van der Waals surface area (Å²) < 4.78 is 33.2. The van der Waals surface area contributed by atoms with Gasteiger partial charge in [0.05, 0.1) is 12.0 Å². The maximum absolute atomic E-state index is 14.4. The molecule has 2 aromatic carbocycles. The predicted molar refractivity (Wildman–Crippen MR) is 84.9 cm³/mol. The van der Waals surface area contributed by atoms with Gasteiger partial charge in [-0.2, -0.15) is 0 Å². The van der Waals surface area contributed by atoms with Crippen LogP contribution in [0.3, 0.4) is 0 Å². The van der Waals surface area contributed by atoms with Gasteiger partial charge in [0.2, 0.25) is 0 Å². The Morgan fingerprint density at radius 3 is 2.43 bits per heavy atom. The molecule has 2 N–H and O–H groups in total. The lowest BCUT2D eigenvalue weighted by Gasteiger charge is -2.29. The molecule has 0 saturated carbocycles. The molecular weight excluding hydrogens is 300 g/mol. The average Bonchev–Trinajstić information content (AvgIpc) is 2.52. The van der Waals surface area contributed by atoms with E-state index < -0.39 is 23.0 Å². The zero-order chi connectivity index (χ0) is 17.0. The third-order valence-electron chi connectivity index (χ3n) is 3.81. The van der Waals surface area contributed by atoms with E-state index in [1.54, 1.807) is 6.92 Å². The van der Waals surface area contributed by atoms with Crippen LogP contribution in [-0.2, 0) is 21.4 Å². The number of nitrogen functional groups attached to an aromatic ring is 1. The Morgan fingerprint density at radius 1 is 1.17 bits per heavy atom. The van der Waals surface area contributed by atoms with Gasteiger partial charge in [0, 0.05) is 11.3 Å². The average molecular weight is 319 g/mol. The monoisotopic (exact) mass is 319 g/mol. The highest BCUT2D eigenvalue weighted by atomic mass is 19.2. The molecule has 0 aliphatic heterocycles. The highest BCUT2D eigenvalue weighted by Gasteiger charge is 2.41. The molecule has 23 heavy (non-hydrogen) atoms. The molecule has 0 amide bonds. The van der Waals surface area contributed by atoms with Crippen LogP contribution in [0.1, 0.15) is 25.0 Å². The van der Waals surface area contributed by atoms with Crippen molar-refractivity contribution in [3.8, 4) is 0 Å². The molecule has 0 spiro atoms. The van der Waals surface area contributed by atoms with Gasteiger partial charge < -0.3 is 10.5 Å². The summed E-state index contributed by atoms with van der Waals surface area (Å²) in [6, 6.07) is 11.3. The SMILES string of the molecule is CCOC(=O)C(C)(Cc1ccccc1)c1c(N)ccc(F)c1F. The molecule has 2 rings (SSSR count). The van der Waals surface area contributed by atoms with Crippen molar-refractivity contribution in [3.05, 3.63) is 65.2 Å². The van der Waals surface area contributed by atoms with E-state index in [1.807, 2.05) is 30.3 Å². The van der Waals surface area contributed by atoms with Crippen LogP contribution in [0.5, 0.6) is 0 Å². The van der Waals surface area contributed by atoms with E-state index in [-0.39, 0.29) is 24.3 Å². The fourth-order valence-electron chi connectivity index (χ4n) is 2.68. The smallest absolute Gasteiger partial charge is 0.316 e. The maximum atomic E-state index is 14.4. The van der Waals surface area contributed by atoms with E-state index >= 15 is 0 Å².